The predicted molar refractivity (Wildman–Crippen MR) is 99.0 cm³/mol. The lowest BCUT2D eigenvalue weighted by Gasteiger charge is -2.24. The first-order valence-corrected chi connectivity index (χ1v) is 8.51. The van der Waals surface area contributed by atoms with E-state index >= 15 is 0 Å². The van der Waals surface area contributed by atoms with Crippen LogP contribution in [0.4, 0.5) is 5.69 Å². The van der Waals surface area contributed by atoms with Gasteiger partial charge in [-0.3, -0.25) is 19.7 Å². The van der Waals surface area contributed by atoms with Gasteiger partial charge in [0, 0.05) is 12.1 Å². The normalized spacial score (nSPS) is 12.3. The average Bonchev–Trinajstić information content (AvgIpc) is 3.20. The molecule has 29 heavy (non-hydrogen) atoms. The molecule has 1 atom stereocenters. The number of nitro groups is 1. The molecule has 2 N–H and O–H groups in total. The lowest BCUT2D eigenvalue weighted by Crippen LogP contribution is -2.52. The standard InChI is InChI=1S/C19H19N3O7/c1-11(2)16(19(25)26)21-17(23)14(20-18(24)15-4-3-9-29-15)10-12-5-7-13(8-6-12)22(27)28/h3-11,16H,1-2H3,(H,20,24)(H,21,23)(H,25,26)/p-1/b14-10+/t16-/m0/s1. The summed E-state index contributed by atoms with van der Waals surface area (Å²) in [5.74, 6) is -3.60. The highest BCUT2D eigenvalue weighted by Gasteiger charge is 2.22. The molecule has 0 radical (unpaired) electrons. The van der Waals surface area contributed by atoms with Crippen molar-refractivity contribution in [3.05, 3.63) is 69.8 Å². The van der Waals surface area contributed by atoms with E-state index in [9.17, 15) is 29.6 Å². The van der Waals surface area contributed by atoms with Gasteiger partial charge in [0.25, 0.3) is 17.5 Å². The summed E-state index contributed by atoms with van der Waals surface area (Å²) >= 11 is 0. The molecule has 0 unspecified atom stereocenters. The van der Waals surface area contributed by atoms with Crippen LogP contribution in [0, 0.1) is 16.0 Å². The van der Waals surface area contributed by atoms with Gasteiger partial charge in [-0.2, -0.15) is 0 Å². The first-order valence-electron chi connectivity index (χ1n) is 8.51. The quantitative estimate of drug-likeness (QED) is 0.378. The van der Waals surface area contributed by atoms with E-state index < -0.39 is 34.7 Å². The summed E-state index contributed by atoms with van der Waals surface area (Å²) in [4.78, 5) is 46.3. The lowest BCUT2D eigenvalue weighted by molar-refractivity contribution is -0.384. The Bertz CT molecular complexity index is 931. The highest BCUT2D eigenvalue weighted by molar-refractivity contribution is 6.05. The third kappa shape index (κ3) is 5.76. The second-order valence-electron chi connectivity index (χ2n) is 6.35. The summed E-state index contributed by atoms with van der Waals surface area (Å²) in [7, 11) is 0. The smallest absolute Gasteiger partial charge is 0.291 e. The molecule has 0 saturated carbocycles. The highest BCUT2D eigenvalue weighted by Crippen LogP contribution is 2.15. The van der Waals surface area contributed by atoms with Crippen molar-refractivity contribution in [1.82, 2.24) is 10.6 Å². The molecule has 152 valence electrons. The van der Waals surface area contributed by atoms with Crippen LogP contribution in [0.3, 0.4) is 0 Å². The van der Waals surface area contributed by atoms with Gasteiger partial charge in [-0.05, 0) is 41.8 Å². The summed E-state index contributed by atoms with van der Waals surface area (Å²) < 4.78 is 4.98. The summed E-state index contributed by atoms with van der Waals surface area (Å²) in [6.45, 7) is 3.17. The Labute approximate surface area is 165 Å². The van der Waals surface area contributed by atoms with Crippen LogP contribution in [-0.4, -0.2) is 28.7 Å². The average molecular weight is 400 g/mol. The number of nitro benzene ring substituents is 1. The fourth-order valence-corrected chi connectivity index (χ4v) is 2.33. The second kappa shape index (κ2) is 9.31. The molecule has 1 aromatic heterocycles. The van der Waals surface area contributed by atoms with Crippen molar-refractivity contribution >= 4 is 29.5 Å². The molecule has 1 aromatic carbocycles. The summed E-state index contributed by atoms with van der Waals surface area (Å²) in [6, 6.07) is 6.80. The highest BCUT2D eigenvalue weighted by atomic mass is 16.6. The number of non-ortho nitro benzene ring substituents is 1. The van der Waals surface area contributed by atoms with Crippen molar-refractivity contribution in [2.75, 3.05) is 0 Å². The minimum atomic E-state index is -1.47. The Hall–Kier alpha value is -3.95. The van der Waals surface area contributed by atoms with Crippen molar-refractivity contribution in [2.45, 2.75) is 19.9 Å². The minimum absolute atomic E-state index is 0.0623. The van der Waals surface area contributed by atoms with Gasteiger partial charge in [-0.25, -0.2) is 0 Å². The molecule has 0 aliphatic carbocycles. The van der Waals surface area contributed by atoms with E-state index in [2.05, 4.69) is 10.6 Å². The van der Waals surface area contributed by atoms with Crippen LogP contribution in [0.25, 0.3) is 6.08 Å². The molecule has 1 heterocycles. The number of carbonyl (C=O) groups excluding carboxylic acids is 3. The molecular formula is C19H18N3O7-. The molecule has 2 rings (SSSR count). The topological polar surface area (TPSA) is 155 Å². The maximum absolute atomic E-state index is 12.6. The van der Waals surface area contributed by atoms with Crippen molar-refractivity contribution in [3.63, 3.8) is 0 Å². The predicted octanol–water partition coefficient (Wildman–Crippen LogP) is 0.849. The van der Waals surface area contributed by atoms with E-state index in [1.807, 2.05) is 0 Å². The lowest BCUT2D eigenvalue weighted by atomic mass is 10.0. The zero-order chi connectivity index (χ0) is 21.6. The van der Waals surface area contributed by atoms with Crippen LogP contribution in [0.2, 0.25) is 0 Å². The second-order valence-corrected chi connectivity index (χ2v) is 6.35. The number of carbonyl (C=O) groups is 3. The number of hydrogen-bond donors (Lipinski definition) is 2. The van der Waals surface area contributed by atoms with E-state index in [4.69, 9.17) is 4.42 Å². The Kier molecular flexibility index (Phi) is 6.85. The maximum atomic E-state index is 12.6. The largest absolute Gasteiger partial charge is 0.548 e. The zero-order valence-corrected chi connectivity index (χ0v) is 15.6. The Morgan fingerprint density at radius 1 is 1.14 bits per heavy atom. The van der Waals surface area contributed by atoms with E-state index in [0.29, 0.717) is 5.56 Å². The Morgan fingerprint density at radius 2 is 1.79 bits per heavy atom. The summed E-state index contributed by atoms with van der Waals surface area (Å²) in [6.07, 6.45) is 2.53. The number of aliphatic carboxylic acids is 1. The van der Waals surface area contributed by atoms with Gasteiger partial charge < -0.3 is 25.0 Å². The molecule has 10 nitrogen and oxygen atoms in total. The fourth-order valence-electron chi connectivity index (χ4n) is 2.33. The molecule has 2 aromatic rings. The number of furan rings is 1. The number of amides is 2. The van der Waals surface area contributed by atoms with Crippen molar-refractivity contribution in [2.24, 2.45) is 5.92 Å². The molecule has 0 bridgehead atoms. The van der Waals surface area contributed by atoms with Gasteiger partial charge >= 0.3 is 0 Å². The van der Waals surface area contributed by atoms with E-state index in [1.165, 1.54) is 48.7 Å². The maximum Gasteiger partial charge on any atom is 0.291 e. The summed E-state index contributed by atoms with van der Waals surface area (Å²) in [5.41, 5.74) is -0.0493. The van der Waals surface area contributed by atoms with Crippen molar-refractivity contribution < 1.29 is 28.8 Å². The van der Waals surface area contributed by atoms with Crippen LogP contribution >= 0.6 is 0 Å². The number of carboxylic acids is 1. The van der Waals surface area contributed by atoms with Gasteiger partial charge in [-0.1, -0.05) is 13.8 Å². The van der Waals surface area contributed by atoms with E-state index in [0.717, 1.165) is 0 Å². The van der Waals surface area contributed by atoms with Crippen LogP contribution in [-0.2, 0) is 9.59 Å². The number of benzene rings is 1. The molecule has 0 spiro atoms. The molecule has 0 aliphatic rings. The first-order chi connectivity index (χ1) is 13.7. The van der Waals surface area contributed by atoms with Crippen LogP contribution in [0.5, 0.6) is 0 Å². The third-order valence-corrected chi connectivity index (χ3v) is 3.86. The molecule has 0 saturated heterocycles. The number of nitrogens with one attached hydrogen (secondary N) is 2. The van der Waals surface area contributed by atoms with Gasteiger partial charge in [0.05, 0.1) is 23.2 Å². The minimum Gasteiger partial charge on any atom is -0.548 e. The fraction of sp³-hybridized carbons (Fsp3) is 0.211. The van der Waals surface area contributed by atoms with Gasteiger partial charge in [0.15, 0.2) is 5.76 Å². The molecule has 10 heteroatoms. The first kappa shape index (κ1) is 21.4. The van der Waals surface area contributed by atoms with E-state index in [1.54, 1.807) is 13.8 Å². The van der Waals surface area contributed by atoms with Gasteiger partial charge in [0.1, 0.15) is 5.70 Å². The van der Waals surface area contributed by atoms with E-state index in [-0.39, 0.29) is 17.1 Å². The third-order valence-electron chi connectivity index (χ3n) is 3.86. The summed E-state index contributed by atoms with van der Waals surface area (Å²) in [5, 5.41) is 26.7. The monoisotopic (exact) mass is 400 g/mol. The van der Waals surface area contributed by atoms with Crippen LogP contribution < -0.4 is 15.7 Å². The van der Waals surface area contributed by atoms with Crippen molar-refractivity contribution in [1.29, 1.82) is 0 Å². The van der Waals surface area contributed by atoms with Crippen molar-refractivity contribution in [3.8, 4) is 0 Å². The number of hydrogen-bond acceptors (Lipinski definition) is 7. The molecule has 0 fully saturated rings. The molecule has 0 aliphatic heterocycles. The zero-order valence-electron chi connectivity index (χ0n) is 15.6. The van der Waals surface area contributed by atoms with Crippen LogP contribution in [0.15, 0.2) is 52.8 Å². The Balaban J connectivity index is 2.33. The number of nitrogens with zero attached hydrogens (tertiary/aromatic N) is 1. The Morgan fingerprint density at radius 3 is 2.28 bits per heavy atom. The SMILES string of the molecule is CC(C)[C@H](NC(=O)/C(=C\c1ccc([N+](=O)[O-])cc1)NC(=O)c1ccco1)C(=O)[O-]. The van der Waals surface area contributed by atoms with Gasteiger partial charge in [0.2, 0.25) is 0 Å². The van der Waals surface area contributed by atoms with Gasteiger partial charge in [-0.15, -0.1) is 0 Å². The number of rotatable bonds is 8. The number of carboxylic acid groups (broad SMARTS) is 1. The molecular weight excluding hydrogens is 382 g/mol. The van der Waals surface area contributed by atoms with Crippen LogP contribution in [0.1, 0.15) is 30.0 Å². The molecule has 2 amide bonds.